The molecule has 0 amide bonds. The predicted octanol–water partition coefficient (Wildman–Crippen LogP) is 9.45. The Kier molecular flexibility index (Phi) is 17.0. The zero-order chi connectivity index (χ0) is 39.9. The molecule has 0 spiro atoms. The molecule has 0 unspecified atom stereocenters. The molecule has 0 aliphatic carbocycles. The van der Waals surface area contributed by atoms with E-state index in [-0.39, 0.29) is 0 Å². The van der Waals surface area contributed by atoms with Gasteiger partial charge < -0.3 is 0 Å². The summed E-state index contributed by atoms with van der Waals surface area (Å²) in [6, 6.07) is 38.2. The molecule has 0 aliphatic heterocycles. The molecule has 0 bridgehead atoms. The number of carbonyl (C=O) groups excluding carboxylic acids is 4. The van der Waals surface area contributed by atoms with Crippen molar-refractivity contribution in [2.24, 2.45) is 0 Å². The molecular weight excluding hydrogens is 1000 g/mol. The van der Waals surface area contributed by atoms with Crippen molar-refractivity contribution < 1.29 is 38.1 Å². The molecule has 0 N–H and O–H groups in total. The van der Waals surface area contributed by atoms with E-state index in [9.17, 15) is 19.2 Å². The van der Waals surface area contributed by atoms with Crippen molar-refractivity contribution in [2.45, 2.75) is 19.6 Å². The number of esters is 4. The number of benzene rings is 5. The first-order valence-corrected chi connectivity index (χ1v) is 34.5. The Labute approximate surface area is 350 Å². The van der Waals surface area contributed by atoms with Crippen molar-refractivity contribution in [3.63, 3.8) is 0 Å². The third-order valence-electron chi connectivity index (χ3n) is 7.15. The molecule has 14 heteroatoms. The number of carbonyl (C=O) groups is 4. The summed E-state index contributed by atoms with van der Waals surface area (Å²) in [5.41, 5.74) is 1.73. The molecule has 8 nitrogen and oxygen atoms in total. The van der Waals surface area contributed by atoms with Gasteiger partial charge >= 0.3 is 354 Å². The van der Waals surface area contributed by atoms with Crippen molar-refractivity contribution in [1.82, 2.24) is 0 Å². The summed E-state index contributed by atoms with van der Waals surface area (Å²) in [6.45, 7) is 13.8. The van der Waals surface area contributed by atoms with Gasteiger partial charge in [-0.1, -0.05) is 0 Å². The predicted molar refractivity (Wildman–Crippen MR) is 229 cm³/mol. The topological polar surface area (TPSA) is 105 Å². The first kappa shape index (κ1) is 43.1. The molecule has 0 radical (unpaired) electrons. The first-order valence-electron chi connectivity index (χ1n) is 16.3. The van der Waals surface area contributed by atoms with Gasteiger partial charge in [-0.25, -0.2) is 0 Å². The molecule has 5 aromatic rings. The van der Waals surface area contributed by atoms with Gasteiger partial charge in [-0.2, -0.15) is 0 Å². The van der Waals surface area contributed by atoms with E-state index in [1.807, 2.05) is 83.9 Å². The number of hydrogen-bond donors (Lipinski definition) is 0. The molecule has 0 saturated heterocycles. The van der Waals surface area contributed by atoms with Crippen LogP contribution in [0.2, 0.25) is 0 Å². The molecule has 0 heterocycles. The van der Waals surface area contributed by atoms with E-state index < -0.39 is 58.7 Å². The van der Waals surface area contributed by atoms with Gasteiger partial charge in [0.25, 0.3) is 0 Å². The van der Waals surface area contributed by atoms with Crippen LogP contribution < -0.4 is 7.02 Å². The standard InChI is InChI=1S/4C9H8O2S.C6H4.2Sb/c4*1-2-11-9(10)7-3-5-8(12)6-4-7;1-2-4-6-5-3-1;;/h4*2-6,12H,1H2;1-2,5-6H;;/q;;;;;2*+2/p-4. The summed E-state index contributed by atoms with van der Waals surface area (Å²) in [6.07, 6.45) is 4.45. The van der Waals surface area contributed by atoms with Gasteiger partial charge in [-0.05, 0) is 0 Å². The van der Waals surface area contributed by atoms with E-state index >= 15 is 0 Å². The van der Waals surface area contributed by atoms with Crippen molar-refractivity contribution in [3.8, 4) is 0 Å². The zero-order valence-electron chi connectivity index (χ0n) is 29.5. The van der Waals surface area contributed by atoms with E-state index in [0.29, 0.717) is 22.3 Å². The summed E-state index contributed by atoms with van der Waals surface area (Å²) in [7, 11) is 7.23. The minimum absolute atomic E-state index is 0.432. The number of hydrogen-bond acceptors (Lipinski definition) is 12. The minimum atomic E-state index is -2.49. The van der Waals surface area contributed by atoms with Crippen LogP contribution in [0.4, 0.5) is 0 Å². The Hall–Kier alpha value is -4.02. The van der Waals surface area contributed by atoms with Crippen LogP contribution in [0.5, 0.6) is 0 Å². The monoisotopic (exact) mass is 1030 g/mol. The van der Waals surface area contributed by atoms with E-state index in [1.54, 1.807) is 48.5 Å². The van der Waals surface area contributed by atoms with Gasteiger partial charge in [-0.15, -0.1) is 0 Å². The van der Waals surface area contributed by atoms with Gasteiger partial charge in [0.05, 0.1) is 0 Å². The molecule has 0 fully saturated rings. The van der Waals surface area contributed by atoms with Gasteiger partial charge in [0.1, 0.15) is 0 Å². The van der Waals surface area contributed by atoms with Gasteiger partial charge in [-0.3, -0.25) is 0 Å². The summed E-state index contributed by atoms with van der Waals surface area (Å²) in [4.78, 5) is 53.0. The molecular formula is C42H32O8S4Sb2. The normalized spacial score (nSPS) is 10.6. The molecule has 0 aromatic heterocycles. The summed E-state index contributed by atoms with van der Waals surface area (Å²) in [5.74, 6) is -1.88. The van der Waals surface area contributed by atoms with Crippen LogP contribution in [0.1, 0.15) is 41.4 Å². The maximum atomic E-state index is 12.2. The fourth-order valence-corrected chi connectivity index (χ4v) is 35.7. The average molecular weight is 1040 g/mol. The van der Waals surface area contributed by atoms with Crippen LogP contribution in [0.15, 0.2) is 192 Å². The average Bonchev–Trinajstić information content (AvgIpc) is 3.22. The molecule has 0 saturated carbocycles. The van der Waals surface area contributed by atoms with E-state index in [1.165, 1.54) is 7.02 Å². The second-order valence-electron chi connectivity index (χ2n) is 10.8. The van der Waals surface area contributed by atoms with Gasteiger partial charge in [0, 0.05) is 0 Å². The van der Waals surface area contributed by atoms with E-state index in [4.69, 9.17) is 18.9 Å². The maximum absolute atomic E-state index is 12.2. The van der Waals surface area contributed by atoms with Crippen LogP contribution in [-0.2, 0) is 18.9 Å². The fourth-order valence-electron chi connectivity index (χ4n) is 4.51. The quantitative estimate of drug-likeness (QED) is 0.0362. The van der Waals surface area contributed by atoms with Crippen molar-refractivity contribution >= 4 is 101 Å². The first-order chi connectivity index (χ1) is 27.2. The van der Waals surface area contributed by atoms with Crippen LogP contribution in [0.3, 0.4) is 0 Å². The molecule has 0 atom stereocenters. The SMILES string of the molecule is C=COC(=O)c1ccc([S][Sb]([S]c2ccc(C(=O)OC=C)cc2)[c]2cc[c]([Sb]([S]c3ccc(C(=O)OC=C)cc3)[S]c3ccc(C(=O)OC=C)cc3)cc2)cc1. The third kappa shape index (κ3) is 12.5. The van der Waals surface area contributed by atoms with Crippen LogP contribution in [0, 0.1) is 0 Å². The van der Waals surface area contributed by atoms with Gasteiger partial charge in [0.2, 0.25) is 0 Å². The summed E-state index contributed by atoms with van der Waals surface area (Å²) >= 11 is -4.97. The van der Waals surface area contributed by atoms with Crippen molar-refractivity contribution in [3.05, 3.63) is 195 Å². The third-order valence-corrected chi connectivity index (χ3v) is 38.4. The van der Waals surface area contributed by atoms with Crippen LogP contribution in [-0.4, -0.2) is 58.7 Å². The molecule has 0 aliphatic rings. The van der Waals surface area contributed by atoms with Crippen molar-refractivity contribution in [1.29, 1.82) is 0 Å². The Morgan fingerprint density at radius 3 is 0.732 bits per heavy atom. The Balaban J connectivity index is 1.44. The fraction of sp³-hybridized carbons (Fsp3) is 0. The number of rotatable bonds is 18. The van der Waals surface area contributed by atoms with E-state index in [2.05, 4.69) is 50.6 Å². The zero-order valence-corrected chi connectivity index (χ0v) is 37.8. The Morgan fingerprint density at radius 1 is 0.357 bits per heavy atom. The second-order valence-corrected chi connectivity index (χ2v) is 38.4. The Bertz CT molecular complexity index is 1900. The molecule has 282 valence electrons. The van der Waals surface area contributed by atoms with Crippen LogP contribution >= 0.6 is 35.4 Å². The summed E-state index contributed by atoms with van der Waals surface area (Å²) in [5, 5.41) is 0. The van der Waals surface area contributed by atoms with Crippen molar-refractivity contribution in [2.75, 3.05) is 0 Å². The Morgan fingerprint density at radius 2 is 0.554 bits per heavy atom. The van der Waals surface area contributed by atoms with Gasteiger partial charge in [0.15, 0.2) is 0 Å². The molecule has 56 heavy (non-hydrogen) atoms. The summed E-state index contributed by atoms with van der Waals surface area (Å²) < 4.78 is 22.2. The molecule has 5 rings (SSSR count). The molecule has 5 aromatic carbocycles. The van der Waals surface area contributed by atoms with E-state index in [0.717, 1.165) is 44.6 Å². The second kappa shape index (κ2) is 22.1. The number of ether oxygens (including phenoxy) is 4. The van der Waals surface area contributed by atoms with Crippen LogP contribution in [0.25, 0.3) is 0 Å².